The second kappa shape index (κ2) is 7.99. The summed E-state index contributed by atoms with van der Waals surface area (Å²) in [5, 5.41) is 0. The molecule has 1 saturated heterocycles. The number of nitrogens with two attached hydrogens (primary N) is 1. The van der Waals surface area contributed by atoms with Crippen LogP contribution in [0.1, 0.15) is 54.4 Å². The number of likely N-dealkylation sites (tertiary alicyclic amines) is 1. The summed E-state index contributed by atoms with van der Waals surface area (Å²) in [5.41, 5.74) is 5.48. The van der Waals surface area contributed by atoms with E-state index in [1.807, 2.05) is 41.5 Å². The summed E-state index contributed by atoms with van der Waals surface area (Å²) < 4.78 is 5.47. The van der Waals surface area contributed by atoms with Gasteiger partial charge in [-0.1, -0.05) is 13.8 Å². The van der Waals surface area contributed by atoms with Gasteiger partial charge in [0.1, 0.15) is 5.60 Å². The number of hydrogen-bond acceptors (Lipinski definition) is 4. The van der Waals surface area contributed by atoms with Crippen molar-refractivity contribution < 1.29 is 14.3 Å². The zero-order valence-corrected chi connectivity index (χ0v) is 15.5. The molecule has 0 aliphatic carbocycles. The summed E-state index contributed by atoms with van der Waals surface area (Å²) in [6, 6.07) is -0.487. The van der Waals surface area contributed by atoms with Crippen LogP contribution in [0.4, 0.5) is 4.79 Å². The van der Waals surface area contributed by atoms with E-state index in [4.69, 9.17) is 10.5 Å². The molecule has 1 unspecified atom stereocenters. The van der Waals surface area contributed by atoms with Gasteiger partial charge in [-0.2, -0.15) is 0 Å². The van der Waals surface area contributed by atoms with E-state index in [9.17, 15) is 9.59 Å². The number of hydrogen-bond donors (Lipinski definition) is 1. The van der Waals surface area contributed by atoms with Crippen LogP contribution < -0.4 is 5.73 Å². The summed E-state index contributed by atoms with van der Waals surface area (Å²) in [7, 11) is 0. The molecule has 1 fully saturated rings. The van der Waals surface area contributed by atoms with Crippen molar-refractivity contribution in [3.8, 4) is 0 Å². The number of amides is 2. The average Bonchev–Trinajstić information content (AvgIpc) is 2.89. The van der Waals surface area contributed by atoms with Gasteiger partial charge >= 0.3 is 6.09 Å². The van der Waals surface area contributed by atoms with Gasteiger partial charge in [0.25, 0.3) is 0 Å². The van der Waals surface area contributed by atoms with Crippen molar-refractivity contribution in [2.45, 2.75) is 72.1 Å². The number of nitrogens with zero attached hydrogens (tertiary/aromatic N) is 2. The highest BCUT2D eigenvalue weighted by atomic mass is 16.6. The van der Waals surface area contributed by atoms with Crippen molar-refractivity contribution in [2.75, 3.05) is 19.6 Å². The number of carbonyl (C=O) groups is 2. The van der Waals surface area contributed by atoms with Crippen LogP contribution in [-0.4, -0.2) is 59.1 Å². The van der Waals surface area contributed by atoms with Gasteiger partial charge in [-0.3, -0.25) is 4.79 Å². The minimum atomic E-state index is -0.509. The number of ether oxygens (including phenoxy) is 1. The number of rotatable bonds is 5. The molecule has 1 aliphatic rings. The Kier molecular flexibility index (Phi) is 6.86. The predicted molar refractivity (Wildman–Crippen MR) is 91.0 cm³/mol. The van der Waals surface area contributed by atoms with Crippen LogP contribution in [0.3, 0.4) is 0 Å². The van der Waals surface area contributed by atoms with Crippen LogP contribution >= 0.6 is 0 Å². The minimum absolute atomic E-state index is 0.00751. The largest absolute Gasteiger partial charge is 0.444 e. The fraction of sp³-hybridized carbons (Fsp3) is 0.882. The Balaban J connectivity index is 2.72. The Labute approximate surface area is 140 Å². The van der Waals surface area contributed by atoms with Crippen LogP contribution in [0.2, 0.25) is 0 Å². The molecule has 6 nitrogen and oxygen atoms in total. The van der Waals surface area contributed by atoms with Crippen LogP contribution in [0.5, 0.6) is 0 Å². The molecule has 1 rings (SSSR count). The molecule has 134 valence electrons. The van der Waals surface area contributed by atoms with E-state index in [0.29, 0.717) is 19.6 Å². The van der Waals surface area contributed by atoms with Crippen molar-refractivity contribution in [3.05, 3.63) is 0 Å². The zero-order valence-electron chi connectivity index (χ0n) is 15.5. The first kappa shape index (κ1) is 19.7. The predicted octanol–water partition coefficient (Wildman–Crippen LogP) is 2.22. The maximum absolute atomic E-state index is 12.5. The number of carbonyl (C=O) groups excluding carboxylic acids is 2. The molecule has 1 aliphatic heterocycles. The van der Waals surface area contributed by atoms with E-state index in [-0.39, 0.29) is 24.0 Å². The van der Waals surface area contributed by atoms with Crippen molar-refractivity contribution in [1.29, 1.82) is 0 Å². The summed E-state index contributed by atoms with van der Waals surface area (Å²) in [4.78, 5) is 28.3. The molecule has 0 saturated carbocycles. The highest BCUT2D eigenvalue weighted by Crippen LogP contribution is 2.22. The lowest BCUT2D eigenvalue weighted by molar-refractivity contribution is -0.134. The van der Waals surface area contributed by atoms with E-state index in [1.165, 1.54) is 0 Å². The maximum atomic E-state index is 12.5. The Morgan fingerprint density at radius 3 is 2.43 bits per heavy atom. The molecule has 0 radical (unpaired) electrons. The summed E-state index contributed by atoms with van der Waals surface area (Å²) in [5.74, 6) is 0.0561. The molecule has 2 N–H and O–H groups in total. The monoisotopic (exact) mass is 327 g/mol. The van der Waals surface area contributed by atoms with Crippen LogP contribution in [0.15, 0.2) is 0 Å². The van der Waals surface area contributed by atoms with Crippen LogP contribution in [0, 0.1) is 5.92 Å². The first-order chi connectivity index (χ1) is 10.6. The fourth-order valence-electron chi connectivity index (χ4n) is 2.71. The molecule has 2 amide bonds. The van der Waals surface area contributed by atoms with E-state index >= 15 is 0 Å². The van der Waals surface area contributed by atoms with Gasteiger partial charge in [0.15, 0.2) is 0 Å². The van der Waals surface area contributed by atoms with Gasteiger partial charge in [-0.25, -0.2) is 4.79 Å². The van der Waals surface area contributed by atoms with Crippen molar-refractivity contribution in [3.63, 3.8) is 0 Å². The summed E-state index contributed by atoms with van der Waals surface area (Å²) in [6.07, 6.45) is 1.53. The Morgan fingerprint density at radius 2 is 1.96 bits per heavy atom. The van der Waals surface area contributed by atoms with Gasteiger partial charge < -0.3 is 20.3 Å². The molecule has 2 atom stereocenters. The van der Waals surface area contributed by atoms with Crippen molar-refractivity contribution in [1.82, 2.24) is 9.80 Å². The number of likely N-dealkylation sites (N-methyl/N-ethyl adjacent to an activating group) is 1. The molecule has 0 aromatic carbocycles. The van der Waals surface area contributed by atoms with E-state index in [1.54, 1.807) is 9.80 Å². The van der Waals surface area contributed by atoms with E-state index in [0.717, 1.165) is 12.8 Å². The van der Waals surface area contributed by atoms with Gasteiger partial charge in [-0.05, 0) is 46.5 Å². The molecule has 0 aromatic rings. The van der Waals surface area contributed by atoms with Gasteiger partial charge in [0, 0.05) is 19.6 Å². The first-order valence-electron chi connectivity index (χ1n) is 8.60. The molecular formula is C17H33N3O3. The average molecular weight is 327 g/mol. The Bertz CT molecular complexity index is 418. The van der Waals surface area contributed by atoms with E-state index < -0.39 is 11.6 Å². The van der Waals surface area contributed by atoms with Gasteiger partial charge in [0.2, 0.25) is 5.91 Å². The fourth-order valence-corrected chi connectivity index (χ4v) is 2.71. The SMILES string of the molecule is CCN(CC1CCCN1C(=O)OC(C)(C)C)C(=O)[C@@H](N)C(C)C. The first-order valence-corrected chi connectivity index (χ1v) is 8.60. The lowest BCUT2D eigenvalue weighted by Crippen LogP contribution is -2.51. The molecule has 6 heteroatoms. The molecule has 0 bridgehead atoms. The quantitative estimate of drug-likeness (QED) is 0.840. The second-order valence-corrected chi connectivity index (χ2v) is 7.62. The highest BCUT2D eigenvalue weighted by molar-refractivity contribution is 5.82. The smallest absolute Gasteiger partial charge is 0.410 e. The van der Waals surface area contributed by atoms with Crippen LogP contribution in [-0.2, 0) is 9.53 Å². The topological polar surface area (TPSA) is 75.9 Å². The van der Waals surface area contributed by atoms with Gasteiger partial charge in [-0.15, -0.1) is 0 Å². The maximum Gasteiger partial charge on any atom is 0.410 e. The molecule has 0 aromatic heterocycles. The van der Waals surface area contributed by atoms with Crippen molar-refractivity contribution in [2.24, 2.45) is 11.7 Å². The lowest BCUT2D eigenvalue weighted by atomic mass is 10.0. The van der Waals surface area contributed by atoms with Gasteiger partial charge in [0.05, 0.1) is 12.1 Å². The minimum Gasteiger partial charge on any atom is -0.444 e. The highest BCUT2D eigenvalue weighted by Gasteiger charge is 2.34. The third kappa shape index (κ3) is 5.68. The molecule has 0 spiro atoms. The standard InChI is InChI=1S/C17H33N3O3/c1-7-19(15(21)14(18)12(2)3)11-13-9-8-10-20(13)16(22)23-17(4,5)6/h12-14H,7-11,18H2,1-6H3/t13?,14-/m0/s1. The van der Waals surface area contributed by atoms with E-state index in [2.05, 4.69) is 0 Å². The molecular weight excluding hydrogens is 294 g/mol. The normalized spacial score (nSPS) is 19.8. The summed E-state index contributed by atoms with van der Waals surface area (Å²) in [6.45, 7) is 13.2. The van der Waals surface area contributed by atoms with Crippen LogP contribution in [0.25, 0.3) is 0 Å². The van der Waals surface area contributed by atoms with Crippen molar-refractivity contribution >= 4 is 12.0 Å². The molecule has 1 heterocycles. The zero-order chi connectivity index (χ0) is 17.8. The Morgan fingerprint density at radius 1 is 1.35 bits per heavy atom. The molecule has 23 heavy (non-hydrogen) atoms. The Hall–Kier alpha value is -1.30. The second-order valence-electron chi connectivity index (χ2n) is 7.62. The third-order valence-corrected chi connectivity index (χ3v) is 4.13. The third-order valence-electron chi connectivity index (χ3n) is 4.13. The summed E-state index contributed by atoms with van der Waals surface area (Å²) >= 11 is 0. The lowest BCUT2D eigenvalue weighted by Gasteiger charge is -2.33.